The van der Waals surface area contributed by atoms with Gasteiger partial charge in [-0.3, -0.25) is 4.90 Å². The van der Waals surface area contributed by atoms with Crippen LogP contribution in [-0.4, -0.2) is 43.7 Å². The third-order valence-corrected chi connectivity index (χ3v) is 4.04. The van der Waals surface area contributed by atoms with Crippen LogP contribution >= 0.6 is 0 Å². The number of aliphatic imine (C=N–C) groups is 1. The van der Waals surface area contributed by atoms with E-state index in [0.717, 1.165) is 32.7 Å². The van der Waals surface area contributed by atoms with Crippen LogP contribution in [0.4, 0.5) is 0 Å². The number of ether oxygens (including phenoxy) is 1. The van der Waals surface area contributed by atoms with Crippen molar-refractivity contribution in [1.82, 2.24) is 10.2 Å². The molecule has 1 fully saturated rings. The summed E-state index contributed by atoms with van der Waals surface area (Å²) in [6, 6.07) is 8.71. The molecule has 0 aromatic heterocycles. The minimum absolute atomic E-state index is 0.502. The van der Waals surface area contributed by atoms with Crippen LogP contribution in [0.15, 0.2) is 29.3 Å². The summed E-state index contributed by atoms with van der Waals surface area (Å²) < 4.78 is 5.28. The van der Waals surface area contributed by atoms with E-state index in [-0.39, 0.29) is 0 Å². The van der Waals surface area contributed by atoms with Gasteiger partial charge in [0.2, 0.25) is 0 Å². The lowest BCUT2D eigenvalue weighted by Crippen LogP contribution is -2.32. The molecule has 0 amide bonds. The van der Waals surface area contributed by atoms with Gasteiger partial charge in [0.15, 0.2) is 5.96 Å². The Kier molecular flexibility index (Phi) is 7.90. The van der Waals surface area contributed by atoms with Gasteiger partial charge in [0, 0.05) is 26.3 Å². The summed E-state index contributed by atoms with van der Waals surface area (Å²) in [7, 11) is 0. The topological polar surface area (TPSA) is 62.9 Å². The average Bonchev–Trinajstić information content (AvgIpc) is 3.07. The minimum atomic E-state index is 0.502. The highest BCUT2D eigenvalue weighted by molar-refractivity contribution is 5.77. The maximum atomic E-state index is 5.87. The molecule has 1 aliphatic rings. The number of guanidine groups is 1. The van der Waals surface area contributed by atoms with Crippen LogP contribution in [0, 0.1) is 0 Å². The molecule has 0 radical (unpaired) electrons. The van der Waals surface area contributed by atoms with Gasteiger partial charge in [0.05, 0.1) is 6.54 Å². The number of hydrogen-bond donors (Lipinski definition) is 2. The monoisotopic (exact) mass is 318 g/mol. The highest BCUT2D eigenvalue weighted by Gasteiger charge is 2.11. The first-order valence-electron chi connectivity index (χ1n) is 8.69. The van der Waals surface area contributed by atoms with Crippen LogP contribution in [0.25, 0.3) is 0 Å². The predicted molar refractivity (Wildman–Crippen MR) is 95.4 cm³/mol. The Labute approximate surface area is 139 Å². The zero-order valence-electron chi connectivity index (χ0n) is 14.3. The van der Waals surface area contributed by atoms with Crippen molar-refractivity contribution in [2.45, 2.75) is 39.3 Å². The van der Waals surface area contributed by atoms with E-state index >= 15 is 0 Å². The molecule has 1 aromatic carbocycles. The summed E-state index contributed by atoms with van der Waals surface area (Å²) in [4.78, 5) is 6.89. The van der Waals surface area contributed by atoms with Crippen LogP contribution < -0.4 is 11.1 Å². The minimum Gasteiger partial charge on any atom is -0.382 e. The molecular weight excluding hydrogens is 288 g/mol. The molecule has 2 rings (SSSR count). The molecule has 5 heteroatoms. The van der Waals surface area contributed by atoms with E-state index in [2.05, 4.69) is 39.5 Å². The van der Waals surface area contributed by atoms with E-state index in [1.54, 1.807) is 0 Å². The van der Waals surface area contributed by atoms with Crippen molar-refractivity contribution < 1.29 is 4.74 Å². The number of rotatable bonds is 9. The molecule has 0 atom stereocenters. The Morgan fingerprint density at radius 3 is 2.61 bits per heavy atom. The second kappa shape index (κ2) is 10.2. The van der Waals surface area contributed by atoms with E-state index in [9.17, 15) is 0 Å². The quantitative estimate of drug-likeness (QED) is 0.416. The van der Waals surface area contributed by atoms with Gasteiger partial charge >= 0.3 is 0 Å². The number of likely N-dealkylation sites (tertiary alicyclic amines) is 1. The molecule has 23 heavy (non-hydrogen) atoms. The van der Waals surface area contributed by atoms with Crippen molar-refractivity contribution in [1.29, 1.82) is 0 Å². The number of nitrogens with one attached hydrogen (secondary N) is 1. The second-order valence-corrected chi connectivity index (χ2v) is 5.98. The molecular formula is C18H30N4O. The maximum absolute atomic E-state index is 5.87. The van der Waals surface area contributed by atoms with Crippen LogP contribution in [-0.2, 0) is 17.8 Å². The smallest absolute Gasteiger partial charge is 0.188 e. The summed E-state index contributed by atoms with van der Waals surface area (Å²) in [6.45, 7) is 8.47. The lowest BCUT2D eigenvalue weighted by atomic mass is 10.1. The SMILES string of the molecule is CCOCCCNC(N)=NCc1ccc(CN2CCCC2)cc1. The van der Waals surface area contributed by atoms with Crippen molar-refractivity contribution in [2.75, 3.05) is 32.8 Å². The van der Waals surface area contributed by atoms with E-state index in [0.29, 0.717) is 12.5 Å². The van der Waals surface area contributed by atoms with Gasteiger partial charge in [-0.1, -0.05) is 24.3 Å². The first kappa shape index (κ1) is 17.8. The zero-order chi connectivity index (χ0) is 16.3. The summed E-state index contributed by atoms with van der Waals surface area (Å²) in [5.74, 6) is 0.502. The lowest BCUT2D eigenvalue weighted by molar-refractivity contribution is 0.145. The van der Waals surface area contributed by atoms with Crippen LogP contribution in [0.2, 0.25) is 0 Å². The Balaban J connectivity index is 1.68. The summed E-state index contributed by atoms with van der Waals surface area (Å²) in [5, 5.41) is 3.11. The van der Waals surface area contributed by atoms with Gasteiger partial charge in [0.1, 0.15) is 0 Å². The third kappa shape index (κ3) is 7.01. The van der Waals surface area contributed by atoms with Crippen molar-refractivity contribution in [2.24, 2.45) is 10.7 Å². The van der Waals surface area contributed by atoms with Gasteiger partial charge in [-0.05, 0) is 50.4 Å². The molecule has 128 valence electrons. The molecule has 3 N–H and O–H groups in total. The molecule has 1 saturated heterocycles. The normalized spacial score (nSPS) is 16.0. The van der Waals surface area contributed by atoms with E-state index in [4.69, 9.17) is 10.5 Å². The van der Waals surface area contributed by atoms with Crippen LogP contribution in [0.3, 0.4) is 0 Å². The van der Waals surface area contributed by atoms with Gasteiger partial charge in [0.25, 0.3) is 0 Å². The Hall–Kier alpha value is -1.59. The summed E-state index contributed by atoms with van der Waals surface area (Å²) in [6.07, 6.45) is 3.61. The molecule has 0 aliphatic carbocycles. The predicted octanol–water partition coefficient (Wildman–Crippen LogP) is 2.11. The fraction of sp³-hybridized carbons (Fsp3) is 0.611. The largest absolute Gasteiger partial charge is 0.382 e. The second-order valence-electron chi connectivity index (χ2n) is 5.98. The standard InChI is InChI=1S/C18H30N4O/c1-2-23-13-5-10-20-18(19)21-14-16-6-8-17(9-7-16)15-22-11-3-4-12-22/h6-9H,2-5,10-15H2,1H3,(H3,19,20,21). The van der Waals surface area contributed by atoms with E-state index < -0.39 is 0 Å². The third-order valence-electron chi connectivity index (χ3n) is 4.04. The lowest BCUT2D eigenvalue weighted by Gasteiger charge is -2.14. The molecule has 0 unspecified atom stereocenters. The van der Waals surface area contributed by atoms with E-state index in [1.807, 2.05) is 6.92 Å². The number of nitrogens with zero attached hydrogens (tertiary/aromatic N) is 2. The van der Waals surface area contributed by atoms with Crippen LogP contribution in [0.1, 0.15) is 37.3 Å². The molecule has 5 nitrogen and oxygen atoms in total. The molecule has 1 aliphatic heterocycles. The fourth-order valence-electron chi connectivity index (χ4n) is 2.72. The molecule has 0 spiro atoms. The molecule has 1 heterocycles. The Morgan fingerprint density at radius 2 is 1.91 bits per heavy atom. The molecule has 1 aromatic rings. The van der Waals surface area contributed by atoms with Gasteiger partial charge in [-0.15, -0.1) is 0 Å². The number of benzene rings is 1. The van der Waals surface area contributed by atoms with E-state index in [1.165, 1.54) is 37.1 Å². The molecule has 0 bridgehead atoms. The first-order chi connectivity index (χ1) is 11.3. The highest BCUT2D eigenvalue weighted by atomic mass is 16.5. The van der Waals surface area contributed by atoms with Crippen molar-refractivity contribution >= 4 is 5.96 Å². The Bertz CT molecular complexity index is 466. The fourth-order valence-corrected chi connectivity index (χ4v) is 2.72. The number of hydrogen-bond acceptors (Lipinski definition) is 3. The summed E-state index contributed by atoms with van der Waals surface area (Å²) >= 11 is 0. The van der Waals surface area contributed by atoms with Crippen molar-refractivity contribution in [3.05, 3.63) is 35.4 Å². The van der Waals surface area contributed by atoms with Gasteiger partial charge < -0.3 is 15.8 Å². The highest BCUT2D eigenvalue weighted by Crippen LogP contribution is 2.13. The molecule has 0 saturated carbocycles. The maximum Gasteiger partial charge on any atom is 0.188 e. The average molecular weight is 318 g/mol. The number of nitrogens with two attached hydrogens (primary N) is 1. The van der Waals surface area contributed by atoms with Gasteiger partial charge in [-0.2, -0.15) is 0 Å². The van der Waals surface area contributed by atoms with Gasteiger partial charge in [-0.25, -0.2) is 4.99 Å². The van der Waals surface area contributed by atoms with Crippen LogP contribution in [0.5, 0.6) is 0 Å². The van der Waals surface area contributed by atoms with Crippen molar-refractivity contribution in [3.8, 4) is 0 Å². The Morgan fingerprint density at radius 1 is 1.22 bits per heavy atom. The summed E-state index contributed by atoms with van der Waals surface area (Å²) in [5.41, 5.74) is 8.43. The first-order valence-corrected chi connectivity index (χ1v) is 8.69. The van der Waals surface area contributed by atoms with Crippen molar-refractivity contribution in [3.63, 3.8) is 0 Å². The zero-order valence-corrected chi connectivity index (χ0v) is 14.3.